The van der Waals surface area contributed by atoms with Crippen molar-refractivity contribution >= 4 is 21.4 Å². The minimum atomic E-state index is -4.43. The summed E-state index contributed by atoms with van der Waals surface area (Å²) in [5, 5.41) is 8.37. The van der Waals surface area contributed by atoms with E-state index in [9.17, 15) is 26.0 Å². The minimum Gasteiger partial charge on any atom is -0.225 e. The first-order chi connectivity index (χ1) is 12.1. The van der Waals surface area contributed by atoms with Crippen LogP contribution in [0.25, 0.3) is 22.3 Å². The van der Waals surface area contributed by atoms with E-state index in [-0.39, 0.29) is 0 Å². The summed E-state index contributed by atoms with van der Waals surface area (Å²) >= 11 is 1.29. The molecule has 2 N–H and O–H groups in total. The molecule has 0 atom stereocenters. The van der Waals surface area contributed by atoms with E-state index >= 15 is 0 Å². The van der Waals surface area contributed by atoms with Gasteiger partial charge in [0.05, 0.1) is 5.56 Å². The molecular weight excluding hydrogens is 390 g/mol. The first-order valence-electron chi connectivity index (χ1n) is 7.14. The van der Waals surface area contributed by atoms with Crippen molar-refractivity contribution in [1.29, 1.82) is 0 Å². The summed E-state index contributed by atoms with van der Waals surface area (Å²) < 4.78 is 74.7. The summed E-state index contributed by atoms with van der Waals surface area (Å²) in [6.45, 7) is 0. The number of benzene rings is 2. The van der Waals surface area contributed by atoms with Gasteiger partial charge < -0.3 is 0 Å². The van der Waals surface area contributed by atoms with Crippen molar-refractivity contribution in [2.45, 2.75) is 11.1 Å². The third kappa shape index (κ3) is 3.64. The standard InChI is InChI=1S/C17H11F4NO2S2/c18-15-7-11(3-6-16(15)26(22,23)24)14-9-25-8-13(14)10-1-4-12(5-2-10)17(19,20)21/h1-9H,(H2,22,23,24). The summed E-state index contributed by atoms with van der Waals surface area (Å²) in [7, 11) is -4.18. The highest BCUT2D eigenvalue weighted by molar-refractivity contribution is 7.89. The lowest BCUT2D eigenvalue weighted by molar-refractivity contribution is -0.137. The van der Waals surface area contributed by atoms with E-state index in [1.165, 1.54) is 29.5 Å². The molecule has 2 aromatic carbocycles. The lowest BCUT2D eigenvalue weighted by Crippen LogP contribution is -2.13. The first kappa shape index (κ1) is 18.6. The van der Waals surface area contributed by atoms with Gasteiger partial charge in [0.25, 0.3) is 0 Å². The molecule has 0 aliphatic heterocycles. The van der Waals surface area contributed by atoms with E-state index in [1.807, 2.05) is 0 Å². The molecule has 0 saturated heterocycles. The maximum atomic E-state index is 14.1. The van der Waals surface area contributed by atoms with Crippen LogP contribution in [0.5, 0.6) is 0 Å². The Morgan fingerprint density at radius 2 is 1.42 bits per heavy atom. The second-order valence-electron chi connectivity index (χ2n) is 5.46. The molecule has 3 nitrogen and oxygen atoms in total. The second kappa shape index (κ2) is 6.49. The highest BCUT2D eigenvalue weighted by atomic mass is 32.2. The maximum absolute atomic E-state index is 14.1. The first-order valence-corrected chi connectivity index (χ1v) is 9.63. The molecular formula is C17H11F4NO2S2. The van der Waals surface area contributed by atoms with Gasteiger partial charge in [-0.1, -0.05) is 18.2 Å². The number of alkyl halides is 3. The van der Waals surface area contributed by atoms with Gasteiger partial charge in [-0.25, -0.2) is 17.9 Å². The zero-order chi connectivity index (χ0) is 19.1. The number of hydrogen-bond acceptors (Lipinski definition) is 3. The van der Waals surface area contributed by atoms with E-state index < -0.39 is 32.5 Å². The van der Waals surface area contributed by atoms with Crippen LogP contribution in [0.1, 0.15) is 5.56 Å². The molecule has 9 heteroatoms. The summed E-state index contributed by atoms with van der Waals surface area (Å²) in [5.74, 6) is -0.991. The molecule has 0 fully saturated rings. The van der Waals surface area contributed by atoms with E-state index in [1.54, 1.807) is 10.8 Å². The maximum Gasteiger partial charge on any atom is 0.416 e. The number of rotatable bonds is 3. The molecule has 0 aliphatic rings. The van der Waals surface area contributed by atoms with Gasteiger partial charge in [-0.2, -0.15) is 24.5 Å². The van der Waals surface area contributed by atoms with Crippen molar-refractivity contribution in [3.63, 3.8) is 0 Å². The lowest BCUT2D eigenvalue weighted by Gasteiger charge is -2.09. The fourth-order valence-corrected chi connectivity index (χ4v) is 3.94. The van der Waals surface area contributed by atoms with Crippen LogP contribution in [-0.4, -0.2) is 8.42 Å². The number of primary sulfonamides is 1. The summed E-state index contributed by atoms with van der Waals surface area (Å²) in [4.78, 5) is -0.618. The average molecular weight is 401 g/mol. The summed E-state index contributed by atoms with van der Waals surface area (Å²) in [6, 6.07) is 8.12. The van der Waals surface area contributed by atoms with Crippen LogP contribution >= 0.6 is 11.3 Å². The fraction of sp³-hybridized carbons (Fsp3) is 0.0588. The Labute approximate surface area is 150 Å². The number of sulfonamides is 1. The van der Waals surface area contributed by atoms with E-state index in [4.69, 9.17) is 5.14 Å². The van der Waals surface area contributed by atoms with Crippen LogP contribution in [-0.2, 0) is 16.2 Å². The van der Waals surface area contributed by atoms with E-state index in [0.29, 0.717) is 22.3 Å². The molecule has 0 spiro atoms. The highest BCUT2D eigenvalue weighted by Crippen LogP contribution is 2.37. The van der Waals surface area contributed by atoms with Crippen molar-refractivity contribution in [3.05, 3.63) is 64.6 Å². The van der Waals surface area contributed by atoms with Crippen LogP contribution in [0.15, 0.2) is 58.1 Å². The predicted molar refractivity (Wildman–Crippen MR) is 91.5 cm³/mol. The minimum absolute atomic E-state index is 0.394. The molecule has 1 heterocycles. The molecule has 0 aliphatic carbocycles. The summed E-state index contributed by atoms with van der Waals surface area (Å²) in [6.07, 6.45) is -4.43. The number of thiophene rings is 1. The van der Waals surface area contributed by atoms with Gasteiger partial charge in [-0.15, -0.1) is 0 Å². The molecule has 26 heavy (non-hydrogen) atoms. The van der Waals surface area contributed by atoms with Crippen molar-refractivity contribution in [3.8, 4) is 22.3 Å². The van der Waals surface area contributed by atoms with Crippen LogP contribution in [0.3, 0.4) is 0 Å². The smallest absolute Gasteiger partial charge is 0.225 e. The number of nitrogens with two attached hydrogens (primary N) is 1. The van der Waals surface area contributed by atoms with E-state index in [0.717, 1.165) is 24.3 Å². The van der Waals surface area contributed by atoms with Crippen molar-refractivity contribution in [2.24, 2.45) is 5.14 Å². The zero-order valence-corrected chi connectivity index (χ0v) is 14.6. The average Bonchev–Trinajstić information content (AvgIpc) is 3.02. The topological polar surface area (TPSA) is 60.2 Å². The van der Waals surface area contributed by atoms with Gasteiger partial charge in [0.15, 0.2) is 0 Å². The van der Waals surface area contributed by atoms with Crippen LogP contribution in [0.2, 0.25) is 0 Å². The highest BCUT2D eigenvalue weighted by Gasteiger charge is 2.30. The molecule has 0 unspecified atom stereocenters. The molecule has 1 aromatic heterocycles. The van der Waals surface area contributed by atoms with Crippen molar-refractivity contribution in [2.75, 3.05) is 0 Å². The van der Waals surface area contributed by atoms with Gasteiger partial charge in [0.1, 0.15) is 10.7 Å². The van der Waals surface area contributed by atoms with Crippen molar-refractivity contribution < 1.29 is 26.0 Å². The molecule has 0 bridgehead atoms. The summed E-state index contributed by atoms with van der Waals surface area (Å²) in [5.41, 5.74) is 1.36. The molecule has 0 saturated carbocycles. The Morgan fingerprint density at radius 3 is 1.92 bits per heavy atom. The molecule has 0 radical (unpaired) electrons. The van der Waals surface area contributed by atoms with Crippen LogP contribution in [0, 0.1) is 5.82 Å². The van der Waals surface area contributed by atoms with E-state index in [2.05, 4.69) is 0 Å². The third-order valence-electron chi connectivity index (χ3n) is 3.73. The Morgan fingerprint density at radius 1 is 0.885 bits per heavy atom. The molecule has 0 amide bonds. The largest absolute Gasteiger partial charge is 0.416 e. The fourth-order valence-electron chi connectivity index (χ4n) is 2.48. The van der Waals surface area contributed by atoms with Gasteiger partial charge in [0, 0.05) is 11.1 Å². The van der Waals surface area contributed by atoms with Gasteiger partial charge in [0.2, 0.25) is 10.0 Å². The van der Waals surface area contributed by atoms with Gasteiger partial charge in [-0.3, -0.25) is 0 Å². The quantitative estimate of drug-likeness (QED) is 0.636. The zero-order valence-electron chi connectivity index (χ0n) is 12.9. The lowest BCUT2D eigenvalue weighted by atomic mass is 9.98. The second-order valence-corrected chi connectivity index (χ2v) is 7.74. The molecule has 3 aromatic rings. The van der Waals surface area contributed by atoms with Gasteiger partial charge in [-0.05, 0) is 46.2 Å². The van der Waals surface area contributed by atoms with Crippen LogP contribution < -0.4 is 5.14 Å². The molecule has 136 valence electrons. The SMILES string of the molecule is NS(=O)(=O)c1ccc(-c2cscc2-c2ccc(C(F)(F)F)cc2)cc1F. The Bertz CT molecular complexity index is 1060. The van der Waals surface area contributed by atoms with Crippen molar-refractivity contribution in [1.82, 2.24) is 0 Å². The molecule has 3 rings (SSSR count). The third-order valence-corrected chi connectivity index (χ3v) is 5.42. The van der Waals surface area contributed by atoms with Crippen LogP contribution in [0.4, 0.5) is 17.6 Å². The van der Waals surface area contributed by atoms with Gasteiger partial charge >= 0.3 is 6.18 Å². The number of hydrogen-bond donors (Lipinski definition) is 1. The normalized spacial score (nSPS) is 12.3. The number of halogens is 4. The monoisotopic (exact) mass is 401 g/mol. The Balaban J connectivity index is 2.03. The Hall–Kier alpha value is -2.23. The Kier molecular flexibility index (Phi) is 4.63. The predicted octanol–water partition coefficient (Wildman–Crippen LogP) is 4.89.